The van der Waals surface area contributed by atoms with E-state index in [9.17, 15) is 4.79 Å². The van der Waals surface area contributed by atoms with Crippen molar-refractivity contribution < 1.29 is 4.79 Å². The Hall–Kier alpha value is -1.19. The largest absolute Gasteiger partial charge is 0.287 e. The average Bonchev–Trinajstić information content (AvgIpc) is 2.65. The van der Waals surface area contributed by atoms with Crippen LogP contribution in [0, 0.1) is 6.92 Å². The molecule has 0 aliphatic rings. The number of rotatable bonds is 2. The summed E-state index contributed by atoms with van der Waals surface area (Å²) in [6.45, 7) is 1.93. The van der Waals surface area contributed by atoms with E-state index in [1.165, 1.54) is 11.3 Å². The standard InChI is InChI=1S/C11H8ClNOS/c1-7-2-3-9(13-6-7)10(14)8-4-5-15-11(8)12/h2-6H,1H3. The van der Waals surface area contributed by atoms with Crippen LogP contribution in [0.1, 0.15) is 21.6 Å². The number of hydrogen-bond acceptors (Lipinski definition) is 3. The third-order valence-corrected chi connectivity index (χ3v) is 3.18. The molecular weight excluding hydrogens is 230 g/mol. The van der Waals surface area contributed by atoms with E-state index in [4.69, 9.17) is 11.6 Å². The Bertz CT molecular complexity index is 490. The predicted molar refractivity (Wildman–Crippen MR) is 61.7 cm³/mol. The van der Waals surface area contributed by atoms with Crippen molar-refractivity contribution in [3.05, 3.63) is 50.9 Å². The molecule has 0 amide bonds. The Balaban J connectivity index is 2.37. The fourth-order valence-electron chi connectivity index (χ4n) is 1.20. The normalized spacial score (nSPS) is 10.3. The highest BCUT2D eigenvalue weighted by atomic mass is 35.5. The van der Waals surface area contributed by atoms with E-state index in [0.29, 0.717) is 15.6 Å². The molecule has 0 aromatic carbocycles. The minimum Gasteiger partial charge on any atom is -0.287 e. The Kier molecular flexibility index (Phi) is 2.84. The summed E-state index contributed by atoms with van der Waals surface area (Å²) < 4.78 is 0.516. The van der Waals surface area contributed by atoms with Gasteiger partial charge < -0.3 is 0 Å². The zero-order valence-electron chi connectivity index (χ0n) is 8.03. The molecule has 2 rings (SSSR count). The van der Waals surface area contributed by atoms with Crippen molar-refractivity contribution in [2.45, 2.75) is 6.92 Å². The van der Waals surface area contributed by atoms with Crippen molar-refractivity contribution in [1.82, 2.24) is 4.98 Å². The highest BCUT2D eigenvalue weighted by Gasteiger charge is 2.14. The first-order chi connectivity index (χ1) is 7.18. The van der Waals surface area contributed by atoms with Crippen LogP contribution in [0.5, 0.6) is 0 Å². The monoisotopic (exact) mass is 237 g/mol. The minimum atomic E-state index is -0.124. The molecule has 0 aliphatic carbocycles. The van der Waals surface area contributed by atoms with E-state index >= 15 is 0 Å². The van der Waals surface area contributed by atoms with Crippen LogP contribution < -0.4 is 0 Å². The number of nitrogens with zero attached hydrogens (tertiary/aromatic N) is 1. The van der Waals surface area contributed by atoms with Crippen LogP contribution in [0.4, 0.5) is 0 Å². The smallest absolute Gasteiger partial charge is 0.213 e. The number of carbonyl (C=O) groups excluding carboxylic acids is 1. The highest BCUT2D eigenvalue weighted by molar-refractivity contribution is 7.14. The minimum absolute atomic E-state index is 0.124. The van der Waals surface area contributed by atoms with Gasteiger partial charge in [0, 0.05) is 6.20 Å². The van der Waals surface area contributed by atoms with Crippen LogP contribution in [-0.2, 0) is 0 Å². The molecule has 0 atom stereocenters. The average molecular weight is 238 g/mol. The van der Waals surface area contributed by atoms with Gasteiger partial charge >= 0.3 is 0 Å². The molecule has 0 bridgehead atoms. The lowest BCUT2D eigenvalue weighted by atomic mass is 10.1. The summed E-state index contributed by atoms with van der Waals surface area (Å²) in [4.78, 5) is 16.0. The molecule has 0 spiro atoms. The fourth-order valence-corrected chi connectivity index (χ4v) is 2.11. The van der Waals surface area contributed by atoms with E-state index in [0.717, 1.165) is 5.56 Å². The van der Waals surface area contributed by atoms with Crippen molar-refractivity contribution in [1.29, 1.82) is 0 Å². The van der Waals surface area contributed by atoms with Gasteiger partial charge in [-0.1, -0.05) is 17.7 Å². The SMILES string of the molecule is Cc1ccc(C(=O)c2ccsc2Cl)nc1. The number of ketones is 1. The molecule has 2 nitrogen and oxygen atoms in total. The molecule has 15 heavy (non-hydrogen) atoms. The van der Waals surface area contributed by atoms with Gasteiger partial charge in [0.2, 0.25) is 5.78 Å². The Morgan fingerprint density at radius 1 is 1.40 bits per heavy atom. The van der Waals surface area contributed by atoms with Gasteiger partial charge in [0.05, 0.1) is 5.56 Å². The molecule has 2 aromatic rings. The van der Waals surface area contributed by atoms with Crippen LogP contribution in [0.15, 0.2) is 29.8 Å². The van der Waals surface area contributed by atoms with Gasteiger partial charge in [0.25, 0.3) is 0 Å². The number of carbonyl (C=O) groups is 1. The molecule has 2 aromatic heterocycles. The topological polar surface area (TPSA) is 30.0 Å². The lowest BCUT2D eigenvalue weighted by Gasteiger charge is -1.98. The molecule has 2 heterocycles. The zero-order chi connectivity index (χ0) is 10.8. The van der Waals surface area contributed by atoms with Gasteiger partial charge in [-0.25, -0.2) is 0 Å². The molecular formula is C11H8ClNOS. The maximum absolute atomic E-state index is 11.9. The number of aryl methyl sites for hydroxylation is 1. The van der Waals surface area contributed by atoms with E-state index in [-0.39, 0.29) is 5.78 Å². The second-order valence-electron chi connectivity index (χ2n) is 3.16. The van der Waals surface area contributed by atoms with E-state index in [1.54, 1.807) is 23.7 Å². The number of thiophene rings is 1. The number of hydrogen-bond donors (Lipinski definition) is 0. The van der Waals surface area contributed by atoms with Crippen LogP contribution >= 0.6 is 22.9 Å². The summed E-state index contributed by atoms with van der Waals surface area (Å²) in [6.07, 6.45) is 1.67. The van der Waals surface area contributed by atoms with Gasteiger partial charge in [-0.15, -0.1) is 11.3 Å². The lowest BCUT2D eigenvalue weighted by Crippen LogP contribution is -2.02. The van der Waals surface area contributed by atoms with Crippen molar-refractivity contribution in [3.63, 3.8) is 0 Å². The quantitative estimate of drug-likeness (QED) is 0.750. The summed E-state index contributed by atoms with van der Waals surface area (Å²) >= 11 is 7.23. The molecule has 0 saturated carbocycles. The van der Waals surface area contributed by atoms with Crippen LogP contribution in [0.3, 0.4) is 0 Å². The second kappa shape index (κ2) is 4.13. The summed E-state index contributed by atoms with van der Waals surface area (Å²) in [5.41, 5.74) is 1.99. The van der Waals surface area contributed by atoms with Crippen LogP contribution in [0.25, 0.3) is 0 Å². The maximum atomic E-state index is 11.9. The first-order valence-electron chi connectivity index (χ1n) is 4.39. The van der Waals surface area contributed by atoms with Crippen molar-refractivity contribution >= 4 is 28.7 Å². The maximum Gasteiger partial charge on any atom is 0.213 e. The molecule has 76 valence electrons. The number of aromatic nitrogens is 1. The van der Waals surface area contributed by atoms with Gasteiger partial charge in [0.15, 0.2) is 0 Å². The van der Waals surface area contributed by atoms with Gasteiger partial charge in [0.1, 0.15) is 10.0 Å². The predicted octanol–water partition coefficient (Wildman–Crippen LogP) is 3.34. The Morgan fingerprint density at radius 3 is 2.73 bits per heavy atom. The Morgan fingerprint density at radius 2 is 2.20 bits per heavy atom. The van der Waals surface area contributed by atoms with E-state index in [1.807, 2.05) is 13.0 Å². The van der Waals surface area contributed by atoms with Gasteiger partial charge in [-0.3, -0.25) is 9.78 Å². The number of pyridine rings is 1. The molecule has 0 N–H and O–H groups in total. The molecule has 0 aliphatic heterocycles. The molecule has 0 radical (unpaired) electrons. The summed E-state index contributed by atoms with van der Waals surface area (Å²) in [6, 6.07) is 5.29. The third-order valence-electron chi connectivity index (χ3n) is 2.01. The Labute approximate surface area is 96.5 Å². The molecule has 0 fully saturated rings. The summed E-state index contributed by atoms with van der Waals surface area (Å²) in [5.74, 6) is -0.124. The summed E-state index contributed by atoms with van der Waals surface area (Å²) in [5, 5.41) is 1.80. The lowest BCUT2D eigenvalue weighted by molar-refractivity contribution is 0.103. The van der Waals surface area contributed by atoms with E-state index < -0.39 is 0 Å². The molecule has 4 heteroatoms. The second-order valence-corrected chi connectivity index (χ2v) is 4.68. The fraction of sp³-hybridized carbons (Fsp3) is 0.0909. The zero-order valence-corrected chi connectivity index (χ0v) is 9.60. The first-order valence-corrected chi connectivity index (χ1v) is 5.64. The van der Waals surface area contributed by atoms with Crippen molar-refractivity contribution in [2.24, 2.45) is 0 Å². The van der Waals surface area contributed by atoms with Crippen LogP contribution in [0.2, 0.25) is 4.34 Å². The van der Waals surface area contributed by atoms with E-state index in [2.05, 4.69) is 4.98 Å². The van der Waals surface area contributed by atoms with Crippen molar-refractivity contribution in [2.75, 3.05) is 0 Å². The van der Waals surface area contributed by atoms with Gasteiger partial charge in [-0.2, -0.15) is 0 Å². The number of halogens is 1. The third kappa shape index (κ3) is 2.08. The highest BCUT2D eigenvalue weighted by Crippen LogP contribution is 2.24. The first kappa shape index (κ1) is 10.3. The van der Waals surface area contributed by atoms with Crippen LogP contribution in [-0.4, -0.2) is 10.8 Å². The van der Waals surface area contributed by atoms with Crippen molar-refractivity contribution in [3.8, 4) is 0 Å². The molecule has 0 unspecified atom stereocenters. The molecule has 0 saturated heterocycles. The summed E-state index contributed by atoms with van der Waals surface area (Å²) in [7, 11) is 0. The van der Waals surface area contributed by atoms with Gasteiger partial charge in [-0.05, 0) is 30.0 Å².